The monoisotopic (exact) mass is 463 g/mol. The van der Waals surface area contributed by atoms with E-state index in [-0.39, 0.29) is 11.6 Å². The molecule has 0 aliphatic carbocycles. The fraction of sp³-hybridized carbons (Fsp3) is 0.250. The predicted molar refractivity (Wildman–Crippen MR) is 113 cm³/mol. The van der Waals surface area contributed by atoms with Gasteiger partial charge in [-0.2, -0.15) is 0 Å². The number of aromatic hydroxyl groups is 1. The van der Waals surface area contributed by atoms with Crippen molar-refractivity contribution in [1.82, 2.24) is 4.57 Å². The molecule has 8 heteroatoms. The fourth-order valence-corrected chi connectivity index (χ4v) is 3.47. The molecule has 0 saturated carbocycles. The molecule has 0 radical (unpaired) electrons. The highest BCUT2D eigenvalue weighted by Crippen LogP contribution is 2.40. The Kier molecular flexibility index (Phi) is 6.05. The van der Waals surface area contributed by atoms with Gasteiger partial charge < -0.3 is 14.4 Å². The maximum Gasteiger partial charge on any atom is 0.304 e. The molecular formula is C20H19BrClN3O3. The maximum atomic E-state index is 12.4. The highest BCUT2D eigenvalue weighted by atomic mass is 79.9. The molecule has 3 rings (SSSR count). The van der Waals surface area contributed by atoms with Gasteiger partial charge in [0, 0.05) is 21.4 Å². The van der Waals surface area contributed by atoms with Crippen LogP contribution in [0, 0.1) is 6.92 Å². The molecule has 1 aromatic heterocycles. The number of benzene rings is 2. The van der Waals surface area contributed by atoms with Crippen molar-refractivity contribution in [2.45, 2.75) is 33.4 Å². The summed E-state index contributed by atoms with van der Waals surface area (Å²) < 4.78 is 8.22. The van der Waals surface area contributed by atoms with Crippen LogP contribution in [0.5, 0.6) is 11.6 Å². The molecule has 0 spiro atoms. The minimum atomic E-state index is -0.836. The van der Waals surface area contributed by atoms with Crippen molar-refractivity contribution in [1.29, 1.82) is 0 Å². The second kappa shape index (κ2) is 8.32. The van der Waals surface area contributed by atoms with E-state index in [0.717, 1.165) is 15.6 Å². The number of aryl methyl sites for hydroxylation is 2. The Labute approximate surface area is 175 Å². The SMILES string of the molecule is CCn1c(O)c(N=NC(=O)C(C)Oc2ccc(Cl)cc2C)c2cc(Br)ccc21. The number of rotatable bonds is 5. The smallest absolute Gasteiger partial charge is 0.304 e. The van der Waals surface area contributed by atoms with Crippen LogP contribution in [0.25, 0.3) is 10.9 Å². The van der Waals surface area contributed by atoms with Gasteiger partial charge >= 0.3 is 5.91 Å². The van der Waals surface area contributed by atoms with E-state index in [1.54, 1.807) is 29.7 Å². The number of carbonyl (C=O) groups is 1. The largest absolute Gasteiger partial charge is 0.493 e. The van der Waals surface area contributed by atoms with Crippen LogP contribution in [0.2, 0.25) is 5.02 Å². The Morgan fingerprint density at radius 2 is 2.07 bits per heavy atom. The van der Waals surface area contributed by atoms with Crippen LogP contribution in [-0.2, 0) is 11.3 Å². The Balaban J connectivity index is 1.86. The zero-order valence-corrected chi connectivity index (χ0v) is 18.0. The molecule has 1 amide bonds. The van der Waals surface area contributed by atoms with Crippen molar-refractivity contribution in [3.63, 3.8) is 0 Å². The summed E-state index contributed by atoms with van der Waals surface area (Å²) in [4.78, 5) is 12.4. The zero-order chi connectivity index (χ0) is 20.4. The van der Waals surface area contributed by atoms with Crippen molar-refractivity contribution in [3.05, 3.63) is 51.5 Å². The first-order valence-corrected chi connectivity index (χ1v) is 9.88. The number of fused-ring (bicyclic) bond motifs is 1. The molecule has 28 heavy (non-hydrogen) atoms. The van der Waals surface area contributed by atoms with Crippen LogP contribution in [0.1, 0.15) is 19.4 Å². The standard InChI is InChI=1S/C20H19BrClN3O3/c1-4-25-16-7-5-13(21)10-15(16)18(20(25)27)23-24-19(26)12(3)28-17-8-6-14(22)9-11(17)2/h5-10,12,27H,4H2,1-3H3. The Morgan fingerprint density at radius 1 is 1.32 bits per heavy atom. The highest BCUT2D eigenvalue weighted by Gasteiger charge is 2.19. The molecule has 6 nitrogen and oxygen atoms in total. The van der Waals surface area contributed by atoms with Gasteiger partial charge in [0.1, 0.15) is 5.75 Å². The van der Waals surface area contributed by atoms with Crippen molar-refractivity contribution < 1.29 is 14.6 Å². The van der Waals surface area contributed by atoms with Gasteiger partial charge in [-0.15, -0.1) is 10.2 Å². The number of aromatic nitrogens is 1. The molecule has 2 aromatic carbocycles. The lowest BCUT2D eigenvalue weighted by Gasteiger charge is -2.13. The van der Waals surface area contributed by atoms with E-state index in [1.165, 1.54) is 0 Å². The number of nitrogens with zero attached hydrogens (tertiary/aromatic N) is 3. The van der Waals surface area contributed by atoms with Crippen LogP contribution in [0.3, 0.4) is 0 Å². The lowest BCUT2D eigenvalue weighted by molar-refractivity contribution is -0.124. The highest BCUT2D eigenvalue weighted by molar-refractivity contribution is 9.10. The molecule has 0 fully saturated rings. The number of halogens is 2. The molecule has 0 saturated heterocycles. The summed E-state index contributed by atoms with van der Waals surface area (Å²) in [6.07, 6.45) is -0.836. The molecule has 0 aliphatic rings. The summed E-state index contributed by atoms with van der Waals surface area (Å²) in [6.45, 7) is 5.91. The van der Waals surface area contributed by atoms with Crippen molar-refractivity contribution >= 4 is 50.0 Å². The lowest BCUT2D eigenvalue weighted by atomic mass is 10.2. The minimum Gasteiger partial charge on any atom is -0.493 e. The number of ether oxygens (including phenoxy) is 1. The number of amides is 1. The van der Waals surface area contributed by atoms with Crippen molar-refractivity contribution in [3.8, 4) is 11.6 Å². The second-order valence-corrected chi connectivity index (χ2v) is 7.64. The van der Waals surface area contributed by atoms with E-state index in [4.69, 9.17) is 16.3 Å². The topological polar surface area (TPSA) is 76.2 Å². The first-order valence-electron chi connectivity index (χ1n) is 8.71. The molecule has 146 valence electrons. The van der Waals surface area contributed by atoms with Gasteiger partial charge in [0.05, 0.1) is 5.52 Å². The number of hydrogen-bond donors (Lipinski definition) is 1. The Bertz CT molecular complexity index is 1080. The van der Waals surface area contributed by atoms with E-state index in [2.05, 4.69) is 26.2 Å². The number of hydrogen-bond acceptors (Lipinski definition) is 4. The summed E-state index contributed by atoms with van der Waals surface area (Å²) in [6, 6.07) is 10.7. The maximum absolute atomic E-state index is 12.4. The summed E-state index contributed by atoms with van der Waals surface area (Å²) >= 11 is 9.35. The molecule has 1 N–H and O–H groups in total. The third-order valence-corrected chi connectivity index (χ3v) is 5.05. The van der Waals surface area contributed by atoms with Crippen molar-refractivity contribution in [2.75, 3.05) is 0 Å². The molecular weight excluding hydrogens is 446 g/mol. The zero-order valence-electron chi connectivity index (χ0n) is 15.6. The van der Waals surface area contributed by atoms with E-state index < -0.39 is 12.0 Å². The number of carbonyl (C=O) groups excluding carboxylic acids is 1. The third kappa shape index (κ3) is 4.05. The summed E-state index contributed by atoms with van der Waals surface area (Å²) in [5.41, 5.74) is 1.88. The first-order chi connectivity index (χ1) is 13.3. The van der Waals surface area contributed by atoms with Crippen LogP contribution in [-0.4, -0.2) is 21.7 Å². The van der Waals surface area contributed by atoms with Gasteiger partial charge in [-0.25, -0.2) is 0 Å². The van der Waals surface area contributed by atoms with E-state index >= 15 is 0 Å². The Morgan fingerprint density at radius 3 is 2.75 bits per heavy atom. The molecule has 0 bridgehead atoms. The quantitative estimate of drug-likeness (QED) is 0.459. The third-order valence-electron chi connectivity index (χ3n) is 4.33. The molecule has 1 atom stereocenters. The van der Waals surface area contributed by atoms with E-state index in [9.17, 15) is 9.90 Å². The summed E-state index contributed by atoms with van der Waals surface area (Å²) in [7, 11) is 0. The Hall–Kier alpha value is -2.38. The van der Waals surface area contributed by atoms with Gasteiger partial charge in [-0.1, -0.05) is 27.5 Å². The summed E-state index contributed by atoms with van der Waals surface area (Å²) in [5.74, 6) is -0.0368. The average molecular weight is 465 g/mol. The molecule has 3 aromatic rings. The predicted octanol–water partition coefficient (Wildman–Crippen LogP) is 6.17. The van der Waals surface area contributed by atoms with E-state index in [0.29, 0.717) is 22.7 Å². The van der Waals surface area contributed by atoms with E-state index in [1.807, 2.05) is 32.0 Å². The lowest BCUT2D eigenvalue weighted by Crippen LogP contribution is -2.21. The van der Waals surface area contributed by atoms with Crippen LogP contribution in [0.15, 0.2) is 51.1 Å². The van der Waals surface area contributed by atoms with Crippen LogP contribution < -0.4 is 4.74 Å². The van der Waals surface area contributed by atoms with Crippen LogP contribution >= 0.6 is 27.5 Å². The van der Waals surface area contributed by atoms with Gasteiger partial charge in [-0.05, 0) is 62.7 Å². The van der Waals surface area contributed by atoms with Crippen LogP contribution in [0.4, 0.5) is 5.69 Å². The molecule has 1 heterocycles. The van der Waals surface area contributed by atoms with Crippen molar-refractivity contribution in [2.24, 2.45) is 10.2 Å². The average Bonchev–Trinajstić information content (AvgIpc) is 2.91. The van der Waals surface area contributed by atoms with Gasteiger partial charge in [0.25, 0.3) is 0 Å². The normalized spacial score (nSPS) is 12.6. The summed E-state index contributed by atoms with van der Waals surface area (Å²) in [5, 5.41) is 19.6. The fourth-order valence-electron chi connectivity index (χ4n) is 2.88. The molecule has 0 aliphatic heterocycles. The first kappa shape index (κ1) is 20.4. The van der Waals surface area contributed by atoms with Gasteiger partial charge in [-0.3, -0.25) is 4.79 Å². The second-order valence-electron chi connectivity index (χ2n) is 6.29. The number of azo groups is 1. The van der Waals surface area contributed by atoms with Gasteiger partial charge in [0.15, 0.2) is 11.8 Å². The molecule has 1 unspecified atom stereocenters. The minimum absolute atomic E-state index is 0.0331. The van der Waals surface area contributed by atoms with Gasteiger partial charge in [0.2, 0.25) is 5.88 Å².